The highest BCUT2D eigenvalue weighted by Gasteiger charge is 2.15. The number of nitrogens with one attached hydrogen (secondary N) is 3. The molecule has 10 nitrogen and oxygen atoms in total. The van der Waals surface area contributed by atoms with Crippen molar-refractivity contribution in [2.45, 2.75) is 4.90 Å². The molecule has 0 bridgehead atoms. The number of carbonyl (C=O) groups excluding carboxylic acids is 2. The van der Waals surface area contributed by atoms with E-state index in [1.54, 1.807) is 12.1 Å². The summed E-state index contributed by atoms with van der Waals surface area (Å²) in [5.41, 5.74) is 0.457. The second-order valence-electron chi connectivity index (χ2n) is 6.68. The van der Waals surface area contributed by atoms with E-state index in [2.05, 4.69) is 15.4 Å². The van der Waals surface area contributed by atoms with Gasteiger partial charge in [0.05, 0.1) is 16.4 Å². The molecule has 0 atom stereocenters. The number of carbonyl (C=O) groups is 2. The summed E-state index contributed by atoms with van der Waals surface area (Å²) < 4.78 is 27.4. The lowest BCUT2D eigenvalue weighted by Crippen LogP contribution is -2.32. The summed E-state index contributed by atoms with van der Waals surface area (Å²) in [6.45, 7) is -0.389. The Labute approximate surface area is 193 Å². The molecule has 0 fully saturated rings. The maximum Gasteiger partial charge on any atom is 0.270 e. The number of rotatable bonds is 8. The van der Waals surface area contributed by atoms with Gasteiger partial charge in [0.25, 0.3) is 21.6 Å². The van der Waals surface area contributed by atoms with Crippen LogP contribution in [0.25, 0.3) is 0 Å². The van der Waals surface area contributed by atoms with Crippen LogP contribution in [0.2, 0.25) is 5.02 Å². The smallest absolute Gasteiger partial charge is 0.270 e. The topological polar surface area (TPSA) is 148 Å². The molecule has 3 aromatic carbocycles. The van der Waals surface area contributed by atoms with Gasteiger partial charge in [-0.2, -0.15) is 0 Å². The lowest BCUT2D eigenvalue weighted by atomic mass is 10.2. The molecule has 0 unspecified atom stereocenters. The summed E-state index contributed by atoms with van der Waals surface area (Å²) in [6.07, 6.45) is 0. The summed E-state index contributed by atoms with van der Waals surface area (Å²) in [7, 11) is -3.84. The van der Waals surface area contributed by atoms with Crippen molar-refractivity contribution in [3.8, 4) is 0 Å². The number of benzene rings is 3. The van der Waals surface area contributed by atoms with Crippen LogP contribution >= 0.6 is 11.6 Å². The number of anilines is 2. The van der Waals surface area contributed by atoms with Crippen LogP contribution in [0.5, 0.6) is 0 Å². The van der Waals surface area contributed by atoms with Gasteiger partial charge in [0.2, 0.25) is 5.91 Å². The fourth-order valence-corrected chi connectivity index (χ4v) is 3.86. The van der Waals surface area contributed by atoms with Crippen molar-refractivity contribution in [3.63, 3.8) is 0 Å². The summed E-state index contributed by atoms with van der Waals surface area (Å²) in [6, 6.07) is 16.7. The highest BCUT2D eigenvalue weighted by molar-refractivity contribution is 7.92. The molecule has 0 spiro atoms. The van der Waals surface area contributed by atoms with E-state index in [-0.39, 0.29) is 22.7 Å². The average Bonchev–Trinajstić information content (AvgIpc) is 2.79. The van der Waals surface area contributed by atoms with Gasteiger partial charge < -0.3 is 10.6 Å². The Kier molecular flexibility index (Phi) is 7.26. The first-order chi connectivity index (χ1) is 15.6. The van der Waals surface area contributed by atoms with Gasteiger partial charge in [0, 0.05) is 34.1 Å². The number of hydrogen-bond acceptors (Lipinski definition) is 6. The van der Waals surface area contributed by atoms with E-state index in [1.807, 2.05) is 0 Å². The summed E-state index contributed by atoms with van der Waals surface area (Å²) in [5.74, 6) is -1.22. The first-order valence-electron chi connectivity index (χ1n) is 9.35. The number of halogens is 1. The fourth-order valence-electron chi connectivity index (χ4n) is 2.68. The van der Waals surface area contributed by atoms with Crippen LogP contribution in [-0.4, -0.2) is 31.7 Å². The van der Waals surface area contributed by atoms with E-state index in [9.17, 15) is 28.1 Å². The Bertz CT molecular complexity index is 1300. The van der Waals surface area contributed by atoms with Crippen molar-refractivity contribution in [2.24, 2.45) is 0 Å². The molecule has 0 aliphatic heterocycles. The van der Waals surface area contributed by atoms with E-state index >= 15 is 0 Å². The third kappa shape index (κ3) is 6.51. The number of hydrogen-bond donors (Lipinski definition) is 3. The molecule has 0 radical (unpaired) electrons. The van der Waals surface area contributed by atoms with Gasteiger partial charge in [0.15, 0.2) is 0 Å². The minimum atomic E-state index is -3.84. The number of nitro benzene ring substituents is 1. The molecule has 0 aromatic heterocycles. The van der Waals surface area contributed by atoms with Crippen LogP contribution in [0.3, 0.4) is 0 Å². The van der Waals surface area contributed by atoms with Crippen molar-refractivity contribution in [2.75, 3.05) is 16.6 Å². The molecular weight excluding hydrogens is 472 g/mol. The molecule has 3 rings (SSSR count). The SMILES string of the molecule is O=C(CNC(=O)c1cccc([N+](=O)[O-])c1)Nc1ccc(S(=O)(=O)Nc2ccc(Cl)cc2)cc1. The van der Waals surface area contributed by atoms with Crippen molar-refractivity contribution in [1.82, 2.24) is 5.32 Å². The Balaban J connectivity index is 1.56. The molecule has 2 amide bonds. The van der Waals surface area contributed by atoms with Crippen LogP contribution < -0.4 is 15.4 Å². The minimum absolute atomic E-state index is 0.0191. The Morgan fingerprint density at radius 2 is 1.58 bits per heavy atom. The van der Waals surface area contributed by atoms with Crippen LogP contribution in [0.15, 0.2) is 77.7 Å². The highest BCUT2D eigenvalue weighted by atomic mass is 35.5. The van der Waals surface area contributed by atoms with Gasteiger partial charge >= 0.3 is 0 Å². The summed E-state index contributed by atoms with van der Waals surface area (Å²) >= 11 is 5.79. The zero-order valence-electron chi connectivity index (χ0n) is 16.8. The van der Waals surface area contributed by atoms with Crippen LogP contribution in [0.1, 0.15) is 10.4 Å². The number of non-ortho nitro benzene ring substituents is 1. The van der Waals surface area contributed by atoms with Crippen molar-refractivity contribution < 1.29 is 22.9 Å². The number of amides is 2. The molecule has 3 aromatic rings. The number of nitro groups is 1. The highest BCUT2D eigenvalue weighted by Crippen LogP contribution is 2.20. The van der Waals surface area contributed by atoms with Crippen molar-refractivity contribution in [3.05, 3.63) is 93.5 Å². The molecule has 0 aliphatic carbocycles. The van der Waals surface area contributed by atoms with Gasteiger partial charge in [-0.25, -0.2) is 8.42 Å². The number of nitrogens with zero attached hydrogens (tertiary/aromatic N) is 1. The Morgan fingerprint density at radius 1 is 0.939 bits per heavy atom. The van der Waals surface area contributed by atoms with Gasteiger partial charge in [-0.15, -0.1) is 0 Å². The van der Waals surface area contributed by atoms with Gasteiger partial charge in [-0.1, -0.05) is 17.7 Å². The predicted octanol–water partition coefficient (Wildman–Crippen LogP) is 3.42. The van der Waals surface area contributed by atoms with Crippen LogP contribution in [0.4, 0.5) is 17.1 Å². The zero-order chi connectivity index (χ0) is 24.0. The van der Waals surface area contributed by atoms with Crippen molar-refractivity contribution >= 4 is 50.5 Å². The van der Waals surface area contributed by atoms with E-state index in [1.165, 1.54) is 54.6 Å². The van der Waals surface area contributed by atoms with E-state index in [0.29, 0.717) is 16.4 Å². The fraction of sp³-hybridized carbons (Fsp3) is 0.0476. The monoisotopic (exact) mass is 488 g/mol. The van der Waals surface area contributed by atoms with Gasteiger partial charge in [0.1, 0.15) is 0 Å². The third-order valence-electron chi connectivity index (χ3n) is 4.27. The average molecular weight is 489 g/mol. The molecule has 0 heterocycles. The normalized spacial score (nSPS) is 10.8. The maximum absolute atomic E-state index is 12.5. The minimum Gasteiger partial charge on any atom is -0.343 e. The van der Waals surface area contributed by atoms with Gasteiger partial charge in [-0.3, -0.25) is 24.4 Å². The predicted molar refractivity (Wildman–Crippen MR) is 123 cm³/mol. The summed E-state index contributed by atoms with van der Waals surface area (Å²) in [5, 5.41) is 16.2. The van der Waals surface area contributed by atoms with Crippen LogP contribution in [0, 0.1) is 10.1 Å². The van der Waals surface area contributed by atoms with Crippen LogP contribution in [-0.2, 0) is 14.8 Å². The largest absolute Gasteiger partial charge is 0.343 e. The second-order valence-corrected chi connectivity index (χ2v) is 8.79. The van der Waals surface area contributed by atoms with E-state index in [4.69, 9.17) is 11.6 Å². The molecule has 33 heavy (non-hydrogen) atoms. The number of sulfonamides is 1. The Hall–Kier alpha value is -3.96. The molecule has 3 N–H and O–H groups in total. The molecule has 0 aliphatic rings. The third-order valence-corrected chi connectivity index (χ3v) is 5.92. The first-order valence-corrected chi connectivity index (χ1v) is 11.2. The lowest BCUT2D eigenvalue weighted by molar-refractivity contribution is -0.384. The lowest BCUT2D eigenvalue weighted by Gasteiger charge is -2.10. The molecule has 0 saturated heterocycles. The van der Waals surface area contributed by atoms with E-state index < -0.39 is 26.8 Å². The molecule has 12 heteroatoms. The van der Waals surface area contributed by atoms with E-state index in [0.717, 1.165) is 6.07 Å². The standard InChI is InChI=1S/C21H17ClN4O6S/c22-15-4-6-17(7-5-15)25-33(31,32)19-10-8-16(9-11-19)24-20(27)13-23-21(28)14-2-1-3-18(12-14)26(29)30/h1-12,25H,13H2,(H,23,28)(H,24,27). The van der Waals surface area contributed by atoms with Gasteiger partial charge in [-0.05, 0) is 54.6 Å². The second kappa shape index (κ2) is 10.1. The zero-order valence-corrected chi connectivity index (χ0v) is 18.4. The Morgan fingerprint density at radius 3 is 2.21 bits per heavy atom. The first kappa shape index (κ1) is 23.7. The molecule has 170 valence electrons. The molecular formula is C21H17ClN4O6S. The maximum atomic E-state index is 12.5. The van der Waals surface area contributed by atoms with Crippen molar-refractivity contribution in [1.29, 1.82) is 0 Å². The quantitative estimate of drug-likeness (QED) is 0.327. The molecule has 0 saturated carbocycles. The summed E-state index contributed by atoms with van der Waals surface area (Å²) in [4.78, 5) is 34.4.